The normalized spacial score (nSPS) is 24.0. The van der Waals surface area contributed by atoms with Crippen molar-refractivity contribution in [3.05, 3.63) is 23.8 Å². The molecule has 1 aromatic carbocycles. The van der Waals surface area contributed by atoms with Gasteiger partial charge in [0, 0.05) is 0 Å². The lowest BCUT2D eigenvalue weighted by Crippen LogP contribution is -2.41. The van der Waals surface area contributed by atoms with Crippen LogP contribution >= 0.6 is 0 Å². The van der Waals surface area contributed by atoms with Gasteiger partial charge in [-0.15, -0.1) is 0 Å². The maximum Gasteiger partial charge on any atom is 0.494 e. The first-order valence-corrected chi connectivity index (χ1v) is 8.91. The Morgan fingerprint density at radius 1 is 1.00 bits per heavy atom. The fraction of sp³-hybridized carbons (Fsp3) is 0.684. The number of benzene rings is 1. The molecule has 1 heterocycles. The van der Waals surface area contributed by atoms with Crippen molar-refractivity contribution in [3.8, 4) is 5.75 Å². The van der Waals surface area contributed by atoms with Gasteiger partial charge in [-0.2, -0.15) is 0 Å². The van der Waals surface area contributed by atoms with Gasteiger partial charge in [-0.1, -0.05) is 18.6 Å². The highest BCUT2D eigenvalue weighted by atomic mass is 16.7. The highest BCUT2D eigenvalue weighted by molar-refractivity contribution is 6.62. The lowest BCUT2D eigenvalue weighted by Gasteiger charge is -2.32. The first-order chi connectivity index (χ1) is 10.8. The summed E-state index contributed by atoms with van der Waals surface area (Å²) >= 11 is 0. The Morgan fingerprint density at radius 3 is 2.22 bits per heavy atom. The summed E-state index contributed by atoms with van der Waals surface area (Å²) in [5, 5.41) is 0. The van der Waals surface area contributed by atoms with Gasteiger partial charge in [0.2, 0.25) is 0 Å². The minimum absolute atomic E-state index is 0.313. The molecule has 0 atom stereocenters. The minimum Gasteiger partial charge on any atom is -0.490 e. The fourth-order valence-corrected chi connectivity index (χ4v) is 3.23. The van der Waals surface area contributed by atoms with Crippen LogP contribution in [0.2, 0.25) is 0 Å². The molecule has 2 fully saturated rings. The predicted molar refractivity (Wildman–Crippen MR) is 94.4 cm³/mol. The average molecular weight is 316 g/mol. The quantitative estimate of drug-likeness (QED) is 0.789. The van der Waals surface area contributed by atoms with E-state index in [4.69, 9.17) is 14.0 Å². The topological polar surface area (TPSA) is 27.7 Å². The summed E-state index contributed by atoms with van der Waals surface area (Å²) in [6, 6.07) is 6.30. The third-order valence-corrected chi connectivity index (χ3v) is 5.58. The highest BCUT2D eigenvalue weighted by Crippen LogP contribution is 2.37. The Hall–Kier alpha value is -0.995. The number of ether oxygens (including phenoxy) is 1. The van der Waals surface area contributed by atoms with Crippen LogP contribution in [-0.2, 0) is 9.31 Å². The van der Waals surface area contributed by atoms with Gasteiger partial charge >= 0.3 is 7.12 Å². The Kier molecular flexibility index (Phi) is 4.50. The molecule has 1 saturated carbocycles. The van der Waals surface area contributed by atoms with Crippen molar-refractivity contribution in [2.24, 2.45) is 0 Å². The summed E-state index contributed by atoms with van der Waals surface area (Å²) in [5.74, 6) is 0.976. The zero-order valence-corrected chi connectivity index (χ0v) is 15.1. The van der Waals surface area contributed by atoms with E-state index in [1.165, 1.54) is 37.7 Å². The Labute approximate surface area is 140 Å². The van der Waals surface area contributed by atoms with Crippen LogP contribution in [0.15, 0.2) is 18.2 Å². The van der Waals surface area contributed by atoms with Crippen molar-refractivity contribution in [1.82, 2.24) is 0 Å². The lowest BCUT2D eigenvalue weighted by molar-refractivity contribution is 0.00578. The molecule has 1 aromatic rings. The maximum atomic E-state index is 6.28. The minimum atomic E-state index is -0.325. The van der Waals surface area contributed by atoms with Gasteiger partial charge in [0.15, 0.2) is 0 Å². The molecule has 1 aliphatic carbocycles. The van der Waals surface area contributed by atoms with Crippen LogP contribution in [0, 0.1) is 6.92 Å². The second-order valence-corrected chi connectivity index (χ2v) is 7.99. The van der Waals surface area contributed by atoms with E-state index in [2.05, 4.69) is 52.8 Å². The van der Waals surface area contributed by atoms with E-state index in [1.54, 1.807) is 0 Å². The molecule has 0 amide bonds. The Morgan fingerprint density at radius 2 is 1.61 bits per heavy atom. The fourth-order valence-electron chi connectivity index (χ4n) is 3.23. The molecule has 0 bridgehead atoms. The largest absolute Gasteiger partial charge is 0.494 e. The smallest absolute Gasteiger partial charge is 0.490 e. The van der Waals surface area contributed by atoms with Crippen LogP contribution in [0.5, 0.6) is 5.75 Å². The van der Waals surface area contributed by atoms with Crippen LogP contribution < -0.4 is 10.2 Å². The number of hydrogen-bond donors (Lipinski definition) is 0. The highest BCUT2D eigenvalue weighted by Gasteiger charge is 2.51. The van der Waals surface area contributed by atoms with E-state index in [0.29, 0.717) is 6.10 Å². The van der Waals surface area contributed by atoms with E-state index in [-0.39, 0.29) is 18.3 Å². The lowest BCUT2D eigenvalue weighted by atomic mass is 9.78. The summed E-state index contributed by atoms with van der Waals surface area (Å²) in [4.78, 5) is 0. The van der Waals surface area contributed by atoms with Crippen molar-refractivity contribution in [1.29, 1.82) is 0 Å². The van der Waals surface area contributed by atoms with E-state index < -0.39 is 0 Å². The molecule has 3 nitrogen and oxygen atoms in total. The molecule has 0 N–H and O–H groups in total. The van der Waals surface area contributed by atoms with Crippen LogP contribution in [0.3, 0.4) is 0 Å². The second-order valence-electron chi connectivity index (χ2n) is 7.99. The predicted octanol–water partition coefficient (Wildman–Crippen LogP) is 4.01. The number of rotatable bonds is 3. The summed E-state index contributed by atoms with van der Waals surface area (Å²) in [6.07, 6.45) is 6.59. The van der Waals surface area contributed by atoms with Crippen molar-refractivity contribution in [3.63, 3.8) is 0 Å². The van der Waals surface area contributed by atoms with Gasteiger partial charge in [-0.25, -0.2) is 0 Å². The zero-order valence-electron chi connectivity index (χ0n) is 15.1. The number of hydrogen-bond acceptors (Lipinski definition) is 3. The van der Waals surface area contributed by atoms with Crippen molar-refractivity contribution >= 4 is 12.6 Å². The first-order valence-electron chi connectivity index (χ1n) is 8.91. The van der Waals surface area contributed by atoms with Gasteiger partial charge in [-0.05, 0) is 77.4 Å². The SMILES string of the molecule is Cc1ccc(B2OC(C)(C)C(C)(C)O2)cc1OC1CCCCC1. The molecule has 4 heteroatoms. The van der Waals surface area contributed by atoms with Gasteiger partial charge in [0.1, 0.15) is 5.75 Å². The van der Waals surface area contributed by atoms with Crippen LogP contribution in [0.4, 0.5) is 0 Å². The molecular formula is C19H29BO3. The monoisotopic (exact) mass is 316 g/mol. The van der Waals surface area contributed by atoms with Crippen LogP contribution in [0.1, 0.15) is 65.4 Å². The summed E-state index contributed by atoms with van der Waals surface area (Å²) in [7, 11) is -0.325. The molecule has 0 unspecified atom stereocenters. The van der Waals surface area contributed by atoms with E-state index >= 15 is 0 Å². The molecule has 0 radical (unpaired) electrons. The van der Waals surface area contributed by atoms with Crippen LogP contribution in [0.25, 0.3) is 0 Å². The summed E-state index contributed by atoms with van der Waals surface area (Å²) < 4.78 is 18.6. The van der Waals surface area contributed by atoms with Gasteiger partial charge in [-0.3, -0.25) is 0 Å². The standard InChI is InChI=1S/C19H29BO3/c1-14-11-12-15(20-22-18(2,3)19(4,5)23-20)13-17(14)21-16-9-7-6-8-10-16/h11-13,16H,6-10H2,1-5H3. The van der Waals surface area contributed by atoms with E-state index in [1.807, 2.05) is 0 Å². The first kappa shape index (κ1) is 16.8. The molecule has 0 spiro atoms. The Balaban J connectivity index is 1.78. The molecular weight excluding hydrogens is 287 g/mol. The van der Waals surface area contributed by atoms with Crippen LogP contribution in [-0.4, -0.2) is 24.4 Å². The third-order valence-electron chi connectivity index (χ3n) is 5.58. The molecule has 1 aliphatic heterocycles. The molecule has 1 saturated heterocycles. The van der Waals surface area contributed by atoms with Crippen molar-refractivity contribution < 1.29 is 14.0 Å². The third kappa shape index (κ3) is 3.43. The zero-order chi connectivity index (χ0) is 16.7. The van der Waals surface area contributed by atoms with E-state index in [0.717, 1.165) is 11.2 Å². The summed E-state index contributed by atoms with van der Waals surface area (Å²) in [6.45, 7) is 10.4. The number of aryl methyl sites for hydroxylation is 1. The average Bonchev–Trinajstić information content (AvgIpc) is 2.71. The summed E-state index contributed by atoms with van der Waals surface area (Å²) in [5.41, 5.74) is 1.59. The molecule has 3 rings (SSSR count). The molecule has 0 aromatic heterocycles. The Bertz CT molecular complexity index is 546. The van der Waals surface area contributed by atoms with Gasteiger partial charge in [0.05, 0.1) is 17.3 Å². The van der Waals surface area contributed by atoms with Gasteiger partial charge in [0.25, 0.3) is 0 Å². The molecule has 2 aliphatic rings. The molecule has 126 valence electrons. The second kappa shape index (κ2) is 6.14. The molecule has 23 heavy (non-hydrogen) atoms. The van der Waals surface area contributed by atoms with E-state index in [9.17, 15) is 0 Å². The maximum absolute atomic E-state index is 6.28. The van der Waals surface area contributed by atoms with Gasteiger partial charge < -0.3 is 14.0 Å². The van der Waals surface area contributed by atoms with Crippen molar-refractivity contribution in [2.75, 3.05) is 0 Å². The van der Waals surface area contributed by atoms with Crippen molar-refractivity contribution in [2.45, 2.75) is 84.0 Å².